The lowest BCUT2D eigenvalue weighted by molar-refractivity contribution is -1.02. The van der Waals surface area contributed by atoms with Crippen LogP contribution in [0.15, 0.2) is 91.0 Å². The van der Waals surface area contributed by atoms with Crippen LogP contribution in [0.2, 0.25) is 0 Å². The minimum absolute atomic E-state index is 0. The summed E-state index contributed by atoms with van der Waals surface area (Å²) in [6, 6.07) is 32.6. The van der Waals surface area contributed by atoms with Crippen LogP contribution in [0.5, 0.6) is 0 Å². The largest absolute Gasteiger partial charge is 1.00 e. The highest BCUT2D eigenvalue weighted by atomic mass is 35.5. The predicted molar refractivity (Wildman–Crippen MR) is 114 cm³/mol. The van der Waals surface area contributed by atoms with E-state index in [1.807, 2.05) is 18.2 Å². The summed E-state index contributed by atoms with van der Waals surface area (Å²) in [7, 11) is 0. The number of piperazine rings is 1. The zero-order valence-corrected chi connectivity index (χ0v) is 18.5. The standard InChI is InChI=1S/C26H26N2.2ClH/c1-4-11-23(12-5-1)13-10-18-27-19-21-28(22-20-27)26(24-14-6-2-7-15-24)25-16-8-3-9-17-25;;/h1-9,11-12,14-17,26H,18-22H2;2*1H. The average molecular weight is 439 g/mol. The van der Waals surface area contributed by atoms with Gasteiger partial charge in [-0.3, -0.25) is 0 Å². The minimum Gasteiger partial charge on any atom is -1.00 e. The van der Waals surface area contributed by atoms with E-state index in [0.717, 1.165) is 12.1 Å². The lowest BCUT2D eigenvalue weighted by Gasteiger charge is -2.34. The van der Waals surface area contributed by atoms with Crippen molar-refractivity contribution in [3.05, 3.63) is 108 Å². The van der Waals surface area contributed by atoms with Crippen LogP contribution >= 0.6 is 0 Å². The Morgan fingerprint density at radius 1 is 0.633 bits per heavy atom. The van der Waals surface area contributed by atoms with Crippen LogP contribution in [0, 0.1) is 11.8 Å². The van der Waals surface area contributed by atoms with Crippen molar-refractivity contribution in [3.63, 3.8) is 0 Å². The highest BCUT2D eigenvalue weighted by Crippen LogP contribution is 2.18. The van der Waals surface area contributed by atoms with Crippen molar-refractivity contribution in [1.82, 2.24) is 0 Å². The van der Waals surface area contributed by atoms with Crippen molar-refractivity contribution < 1.29 is 34.6 Å². The van der Waals surface area contributed by atoms with Gasteiger partial charge in [-0.05, 0) is 18.1 Å². The van der Waals surface area contributed by atoms with Gasteiger partial charge in [0, 0.05) is 16.7 Å². The molecule has 0 unspecified atom stereocenters. The van der Waals surface area contributed by atoms with Crippen LogP contribution in [0.4, 0.5) is 0 Å². The second-order valence-corrected chi connectivity index (χ2v) is 7.51. The summed E-state index contributed by atoms with van der Waals surface area (Å²) < 4.78 is 0. The van der Waals surface area contributed by atoms with Gasteiger partial charge >= 0.3 is 0 Å². The van der Waals surface area contributed by atoms with Crippen LogP contribution in [-0.4, -0.2) is 32.7 Å². The molecule has 4 heteroatoms. The van der Waals surface area contributed by atoms with Crippen LogP contribution in [0.1, 0.15) is 22.7 Å². The Morgan fingerprint density at radius 2 is 1.10 bits per heavy atom. The summed E-state index contributed by atoms with van der Waals surface area (Å²) in [4.78, 5) is 3.27. The van der Waals surface area contributed by atoms with Crippen molar-refractivity contribution >= 4 is 0 Å². The fourth-order valence-electron chi connectivity index (χ4n) is 4.14. The highest BCUT2D eigenvalue weighted by Gasteiger charge is 2.31. The maximum absolute atomic E-state index is 3.38. The molecular formula is C26H28Cl2N2. The molecule has 0 saturated carbocycles. The Balaban J connectivity index is 0.00000160. The fraction of sp³-hybridized carbons (Fsp3) is 0.231. The number of hydrogen-bond acceptors (Lipinski definition) is 0. The number of benzene rings is 3. The maximum atomic E-state index is 3.38. The van der Waals surface area contributed by atoms with Gasteiger partial charge in [0.1, 0.15) is 38.8 Å². The van der Waals surface area contributed by atoms with Gasteiger partial charge in [0.15, 0.2) is 0 Å². The predicted octanol–water partition coefficient (Wildman–Crippen LogP) is -4.38. The summed E-state index contributed by atoms with van der Waals surface area (Å²) in [5.41, 5.74) is 3.94. The molecule has 1 heterocycles. The molecule has 0 aromatic heterocycles. The molecule has 0 radical (unpaired) electrons. The van der Waals surface area contributed by atoms with Crippen LogP contribution in [0.25, 0.3) is 0 Å². The second-order valence-electron chi connectivity index (χ2n) is 7.51. The van der Waals surface area contributed by atoms with Crippen molar-refractivity contribution in [2.75, 3.05) is 32.7 Å². The summed E-state index contributed by atoms with van der Waals surface area (Å²) in [5.74, 6) is 6.68. The highest BCUT2D eigenvalue weighted by molar-refractivity contribution is 5.33. The van der Waals surface area contributed by atoms with E-state index in [9.17, 15) is 0 Å². The van der Waals surface area contributed by atoms with E-state index in [1.54, 1.807) is 9.80 Å². The molecule has 4 rings (SSSR count). The Labute approximate surface area is 192 Å². The number of quaternary nitrogens is 2. The van der Waals surface area contributed by atoms with Crippen LogP contribution < -0.4 is 34.6 Å². The molecule has 156 valence electrons. The van der Waals surface area contributed by atoms with Crippen molar-refractivity contribution in [3.8, 4) is 11.8 Å². The molecule has 3 aromatic carbocycles. The normalized spacial score (nSPS) is 17.8. The van der Waals surface area contributed by atoms with E-state index in [0.29, 0.717) is 6.04 Å². The molecule has 0 bridgehead atoms. The summed E-state index contributed by atoms with van der Waals surface area (Å²) in [6.45, 7) is 5.64. The fourth-order valence-corrected chi connectivity index (χ4v) is 4.14. The van der Waals surface area contributed by atoms with Crippen LogP contribution in [0.3, 0.4) is 0 Å². The maximum Gasteiger partial charge on any atom is 0.140 e. The summed E-state index contributed by atoms with van der Waals surface area (Å²) >= 11 is 0. The number of hydrogen-bond donors (Lipinski definition) is 2. The Hall–Kier alpha value is -2.28. The smallest absolute Gasteiger partial charge is 0.140 e. The quantitative estimate of drug-likeness (QED) is 0.381. The zero-order chi connectivity index (χ0) is 19.0. The molecule has 1 fully saturated rings. The second kappa shape index (κ2) is 12.4. The van der Waals surface area contributed by atoms with Gasteiger partial charge in [-0.2, -0.15) is 0 Å². The van der Waals surface area contributed by atoms with Crippen molar-refractivity contribution in [2.45, 2.75) is 6.04 Å². The van der Waals surface area contributed by atoms with E-state index in [4.69, 9.17) is 0 Å². The van der Waals surface area contributed by atoms with Gasteiger partial charge in [0.2, 0.25) is 0 Å². The molecule has 30 heavy (non-hydrogen) atoms. The number of nitrogens with one attached hydrogen (secondary N) is 2. The minimum atomic E-state index is 0. The first kappa shape index (κ1) is 24.0. The molecule has 2 N–H and O–H groups in total. The zero-order valence-electron chi connectivity index (χ0n) is 17.0. The first-order chi connectivity index (χ1) is 13.9. The van der Waals surface area contributed by atoms with Gasteiger partial charge in [-0.15, -0.1) is 0 Å². The summed E-state index contributed by atoms with van der Waals surface area (Å²) in [6.07, 6.45) is 0. The number of halogens is 2. The van der Waals surface area contributed by atoms with Crippen molar-refractivity contribution in [1.29, 1.82) is 0 Å². The lowest BCUT2D eigenvalue weighted by atomic mass is 9.96. The molecular weight excluding hydrogens is 411 g/mol. The third kappa shape index (κ3) is 6.36. The van der Waals surface area contributed by atoms with Crippen LogP contribution in [-0.2, 0) is 0 Å². The monoisotopic (exact) mass is 438 g/mol. The van der Waals surface area contributed by atoms with Gasteiger partial charge in [0.05, 0.1) is 0 Å². The first-order valence-electron chi connectivity index (χ1n) is 10.2. The average Bonchev–Trinajstić information content (AvgIpc) is 2.77. The molecule has 3 aromatic rings. The van der Waals surface area contributed by atoms with E-state index >= 15 is 0 Å². The molecule has 0 atom stereocenters. The summed E-state index contributed by atoms with van der Waals surface area (Å²) in [5, 5.41) is 0. The molecule has 0 amide bonds. The third-order valence-corrected chi connectivity index (χ3v) is 5.62. The first-order valence-corrected chi connectivity index (χ1v) is 10.2. The molecule has 1 aliphatic rings. The third-order valence-electron chi connectivity index (χ3n) is 5.62. The van der Waals surface area contributed by atoms with Crippen molar-refractivity contribution in [2.24, 2.45) is 0 Å². The van der Waals surface area contributed by atoms with E-state index in [1.165, 1.54) is 37.3 Å². The molecule has 1 aliphatic heterocycles. The molecule has 1 saturated heterocycles. The van der Waals surface area contributed by atoms with Gasteiger partial charge < -0.3 is 34.6 Å². The Kier molecular flexibility index (Phi) is 9.94. The van der Waals surface area contributed by atoms with E-state index in [-0.39, 0.29) is 24.8 Å². The van der Waals surface area contributed by atoms with E-state index < -0.39 is 0 Å². The lowest BCUT2D eigenvalue weighted by Crippen LogP contribution is -3.28. The molecule has 2 nitrogen and oxygen atoms in total. The van der Waals surface area contributed by atoms with E-state index in [2.05, 4.69) is 84.6 Å². The molecule has 0 aliphatic carbocycles. The Bertz CT molecular complexity index is 873. The number of rotatable bonds is 4. The topological polar surface area (TPSA) is 8.88 Å². The Morgan fingerprint density at radius 3 is 1.60 bits per heavy atom. The van der Waals surface area contributed by atoms with Gasteiger partial charge in [-0.25, -0.2) is 0 Å². The van der Waals surface area contributed by atoms with Gasteiger partial charge in [0.25, 0.3) is 0 Å². The molecule has 0 spiro atoms. The van der Waals surface area contributed by atoms with Gasteiger partial charge in [-0.1, -0.05) is 84.8 Å². The SMILES string of the molecule is C(#Cc1ccccc1)C[NH+]1CC[NH+](C(c2ccccc2)c2ccccc2)CC1.[Cl-].[Cl-].